The number of unbranched alkanes of at least 4 members (excludes halogenated alkanes) is 1. The van der Waals surface area contributed by atoms with E-state index < -0.39 is 0 Å². The fourth-order valence-corrected chi connectivity index (χ4v) is 3.97. The van der Waals surface area contributed by atoms with Crippen LogP contribution >= 0.6 is 23.1 Å². The van der Waals surface area contributed by atoms with E-state index in [2.05, 4.69) is 27.8 Å². The van der Waals surface area contributed by atoms with Crippen LogP contribution in [0.4, 0.5) is 10.8 Å². The van der Waals surface area contributed by atoms with Gasteiger partial charge in [0.15, 0.2) is 4.34 Å². The average Bonchev–Trinajstić information content (AvgIpc) is 3.09. The molecule has 0 spiro atoms. The van der Waals surface area contributed by atoms with E-state index in [1.165, 1.54) is 23.1 Å². The highest BCUT2D eigenvalue weighted by Crippen LogP contribution is 2.32. The van der Waals surface area contributed by atoms with Crippen molar-refractivity contribution in [3.8, 4) is 11.5 Å². The molecule has 26 heavy (non-hydrogen) atoms. The Morgan fingerprint density at radius 3 is 2.81 bits per heavy atom. The van der Waals surface area contributed by atoms with Crippen LogP contribution in [-0.4, -0.2) is 42.1 Å². The molecule has 0 fully saturated rings. The van der Waals surface area contributed by atoms with Crippen molar-refractivity contribution in [2.75, 3.05) is 31.4 Å². The molecule has 0 saturated carbocycles. The molecule has 2 rings (SSSR count). The molecule has 2 aromatic rings. The van der Waals surface area contributed by atoms with Crippen molar-refractivity contribution < 1.29 is 14.3 Å². The SMILES string of the molecule is CCCCNc1nnc(SC(C)C(=O)Nc2cc(OC)ccc2OC)s1. The molecule has 1 aromatic heterocycles. The first-order chi connectivity index (χ1) is 12.6. The lowest BCUT2D eigenvalue weighted by Gasteiger charge is -2.14. The second-order valence-electron chi connectivity index (χ2n) is 5.47. The van der Waals surface area contributed by atoms with E-state index in [9.17, 15) is 4.79 Å². The lowest BCUT2D eigenvalue weighted by Crippen LogP contribution is -2.22. The Labute approximate surface area is 161 Å². The highest BCUT2D eigenvalue weighted by atomic mass is 32.2. The number of carbonyl (C=O) groups is 1. The smallest absolute Gasteiger partial charge is 0.237 e. The third-order valence-electron chi connectivity index (χ3n) is 3.52. The summed E-state index contributed by atoms with van der Waals surface area (Å²) in [7, 11) is 3.14. The predicted molar refractivity (Wildman–Crippen MR) is 107 cm³/mol. The summed E-state index contributed by atoms with van der Waals surface area (Å²) in [5, 5.41) is 14.8. The number of carbonyl (C=O) groups excluding carboxylic acids is 1. The lowest BCUT2D eigenvalue weighted by molar-refractivity contribution is -0.115. The van der Waals surface area contributed by atoms with E-state index in [1.807, 2.05) is 6.92 Å². The Bertz CT molecular complexity index is 724. The molecule has 0 aliphatic rings. The summed E-state index contributed by atoms with van der Waals surface area (Å²) in [5.41, 5.74) is 0.573. The molecule has 1 atom stereocenters. The molecule has 9 heteroatoms. The van der Waals surface area contributed by atoms with Crippen molar-refractivity contribution in [3.05, 3.63) is 18.2 Å². The highest BCUT2D eigenvalue weighted by Gasteiger charge is 2.19. The molecule has 2 N–H and O–H groups in total. The molecule has 0 saturated heterocycles. The summed E-state index contributed by atoms with van der Waals surface area (Å²) in [4.78, 5) is 12.5. The van der Waals surface area contributed by atoms with E-state index in [4.69, 9.17) is 9.47 Å². The van der Waals surface area contributed by atoms with Gasteiger partial charge in [-0.05, 0) is 25.5 Å². The summed E-state index contributed by atoms with van der Waals surface area (Å²) in [6.45, 7) is 4.85. The quantitative estimate of drug-likeness (QED) is 0.465. The first kappa shape index (κ1) is 20.3. The van der Waals surface area contributed by atoms with Crippen LogP contribution in [0, 0.1) is 0 Å². The number of methoxy groups -OCH3 is 2. The Balaban J connectivity index is 1.95. The Kier molecular flexibility index (Phi) is 7.99. The number of anilines is 2. The molecule has 1 amide bonds. The van der Waals surface area contributed by atoms with Crippen LogP contribution in [-0.2, 0) is 4.79 Å². The van der Waals surface area contributed by atoms with Crippen molar-refractivity contribution in [1.82, 2.24) is 10.2 Å². The van der Waals surface area contributed by atoms with Crippen LogP contribution in [0.2, 0.25) is 0 Å². The maximum atomic E-state index is 12.5. The molecule has 0 bridgehead atoms. The topological polar surface area (TPSA) is 85.4 Å². The zero-order valence-corrected chi connectivity index (χ0v) is 17.0. The van der Waals surface area contributed by atoms with Crippen molar-refractivity contribution in [1.29, 1.82) is 0 Å². The van der Waals surface area contributed by atoms with E-state index >= 15 is 0 Å². The van der Waals surface area contributed by atoms with Crippen LogP contribution in [0.3, 0.4) is 0 Å². The number of nitrogens with zero attached hydrogens (tertiary/aromatic N) is 2. The summed E-state index contributed by atoms with van der Waals surface area (Å²) in [5.74, 6) is 1.08. The monoisotopic (exact) mass is 396 g/mol. The largest absolute Gasteiger partial charge is 0.497 e. The third-order valence-corrected chi connectivity index (χ3v) is 5.59. The number of benzene rings is 1. The number of hydrogen-bond acceptors (Lipinski definition) is 8. The highest BCUT2D eigenvalue weighted by molar-refractivity contribution is 8.02. The molecule has 0 aliphatic carbocycles. The number of aromatic nitrogens is 2. The van der Waals surface area contributed by atoms with Gasteiger partial charge in [-0.2, -0.15) is 0 Å². The van der Waals surface area contributed by atoms with Gasteiger partial charge in [-0.25, -0.2) is 0 Å². The molecular formula is C17H24N4O3S2. The second-order valence-corrected chi connectivity index (χ2v) is 8.03. The molecule has 0 aliphatic heterocycles. The summed E-state index contributed by atoms with van der Waals surface area (Å²) in [6, 6.07) is 5.26. The normalized spacial score (nSPS) is 11.7. The first-order valence-corrected chi connectivity index (χ1v) is 10.0. The van der Waals surface area contributed by atoms with Crippen molar-refractivity contribution in [2.24, 2.45) is 0 Å². The van der Waals surface area contributed by atoms with Gasteiger partial charge in [0.25, 0.3) is 0 Å². The average molecular weight is 397 g/mol. The Morgan fingerprint density at radius 2 is 2.12 bits per heavy atom. The fourth-order valence-electron chi connectivity index (χ4n) is 2.05. The van der Waals surface area contributed by atoms with E-state index in [0.717, 1.165) is 28.9 Å². The van der Waals surface area contributed by atoms with Gasteiger partial charge in [-0.3, -0.25) is 4.79 Å². The molecule has 1 heterocycles. The lowest BCUT2D eigenvalue weighted by atomic mass is 10.2. The molecule has 142 valence electrons. The second kappa shape index (κ2) is 10.2. The molecular weight excluding hydrogens is 372 g/mol. The van der Waals surface area contributed by atoms with Crippen LogP contribution < -0.4 is 20.1 Å². The number of thioether (sulfide) groups is 1. The summed E-state index contributed by atoms with van der Waals surface area (Å²) in [6.07, 6.45) is 2.21. The van der Waals surface area contributed by atoms with Gasteiger partial charge >= 0.3 is 0 Å². The van der Waals surface area contributed by atoms with Crippen LogP contribution in [0.15, 0.2) is 22.5 Å². The van der Waals surface area contributed by atoms with Crippen molar-refractivity contribution in [3.63, 3.8) is 0 Å². The number of rotatable bonds is 10. The summed E-state index contributed by atoms with van der Waals surface area (Å²) >= 11 is 2.83. The molecule has 1 unspecified atom stereocenters. The van der Waals surface area contributed by atoms with Gasteiger partial charge in [0.05, 0.1) is 25.2 Å². The zero-order valence-electron chi connectivity index (χ0n) is 15.4. The van der Waals surface area contributed by atoms with Gasteiger partial charge in [0.2, 0.25) is 11.0 Å². The van der Waals surface area contributed by atoms with Gasteiger partial charge in [-0.1, -0.05) is 36.4 Å². The van der Waals surface area contributed by atoms with Gasteiger partial charge in [0.1, 0.15) is 11.5 Å². The number of nitrogens with one attached hydrogen (secondary N) is 2. The van der Waals surface area contributed by atoms with E-state index in [1.54, 1.807) is 32.4 Å². The van der Waals surface area contributed by atoms with Gasteiger partial charge in [0, 0.05) is 12.6 Å². The van der Waals surface area contributed by atoms with Crippen LogP contribution in [0.25, 0.3) is 0 Å². The van der Waals surface area contributed by atoms with E-state index in [0.29, 0.717) is 17.2 Å². The minimum Gasteiger partial charge on any atom is -0.497 e. The van der Waals surface area contributed by atoms with Crippen molar-refractivity contribution >= 4 is 39.8 Å². The minimum atomic E-state index is -0.331. The standard InChI is InChI=1S/C17H24N4O3S2/c1-5-6-9-18-16-20-21-17(26-16)25-11(2)15(22)19-13-10-12(23-3)7-8-14(13)24-4/h7-8,10-11H,5-6,9H2,1-4H3,(H,18,20)(H,19,22). The minimum absolute atomic E-state index is 0.141. The van der Waals surface area contributed by atoms with Gasteiger partial charge in [-0.15, -0.1) is 10.2 Å². The number of amides is 1. The third kappa shape index (κ3) is 5.77. The maximum absolute atomic E-state index is 12.5. The number of hydrogen-bond donors (Lipinski definition) is 2. The predicted octanol–water partition coefficient (Wildman–Crippen LogP) is 3.89. The molecule has 0 radical (unpaired) electrons. The summed E-state index contributed by atoms with van der Waals surface area (Å²) < 4.78 is 11.2. The Morgan fingerprint density at radius 1 is 1.31 bits per heavy atom. The van der Waals surface area contributed by atoms with Crippen LogP contribution in [0.5, 0.6) is 11.5 Å². The first-order valence-electron chi connectivity index (χ1n) is 8.34. The van der Waals surface area contributed by atoms with Crippen LogP contribution in [0.1, 0.15) is 26.7 Å². The van der Waals surface area contributed by atoms with Gasteiger partial charge < -0.3 is 20.1 Å². The molecule has 1 aromatic carbocycles. The van der Waals surface area contributed by atoms with Crippen molar-refractivity contribution in [2.45, 2.75) is 36.3 Å². The Hall–Kier alpha value is -2.00. The zero-order chi connectivity index (χ0) is 18.9. The fraction of sp³-hybridized carbons (Fsp3) is 0.471. The maximum Gasteiger partial charge on any atom is 0.237 e. The molecule has 7 nitrogen and oxygen atoms in total. The van der Waals surface area contributed by atoms with E-state index in [-0.39, 0.29) is 11.2 Å². The number of ether oxygens (including phenoxy) is 2.